The monoisotopic (exact) mass is 376 g/mol. The molecule has 0 aliphatic heterocycles. The first-order valence-electron chi connectivity index (χ1n) is 7.97. The molecule has 0 fully saturated rings. The van der Waals surface area contributed by atoms with E-state index in [0.717, 1.165) is 11.3 Å². The van der Waals surface area contributed by atoms with Gasteiger partial charge in [-0.3, -0.25) is 4.79 Å². The van der Waals surface area contributed by atoms with Gasteiger partial charge in [0, 0.05) is 25.5 Å². The highest BCUT2D eigenvalue weighted by Gasteiger charge is 2.10. The van der Waals surface area contributed by atoms with Crippen LogP contribution in [-0.2, 0) is 14.3 Å². The highest BCUT2D eigenvalue weighted by molar-refractivity contribution is 6.32. The van der Waals surface area contributed by atoms with E-state index in [2.05, 4.69) is 5.32 Å². The molecule has 0 saturated heterocycles. The number of hydrogen-bond acceptors (Lipinski definition) is 5. The highest BCUT2D eigenvalue weighted by atomic mass is 35.5. The van der Waals surface area contributed by atoms with Gasteiger partial charge in [0.25, 0.3) is 5.91 Å². The van der Waals surface area contributed by atoms with E-state index in [1.165, 1.54) is 0 Å². The Labute approximate surface area is 157 Å². The summed E-state index contributed by atoms with van der Waals surface area (Å²) < 4.78 is 10.2. The van der Waals surface area contributed by atoms with Crippen LogP contribution in [0.15, 0.2) is 42.5 Å². The van der Waals surface area contributed by atoms with Crippen molar-refractivity contribution in [1.82, 2.24) is 0 Å². The Morgan fingerprint density at radius 3 is 2.42 bits per heavy atom. The van der Waals surface area contributed by atoms with Gasteiger partial charge in [-0.2, -0.15) is 0 Å². The fourth-order valence-electron chi connectivity index (χ4n) is 2.09. The molecule has 0 aliphatic rings. The number of benzene rings is 2. The lowest BCUT2D eigenvalue weighted by Crippen LogP contribution is -2.23. The smallest absolute Gasteiger partial charge is 0.344 e. The van der Waals surface area contributed by atoms with Crippen LogP contribution in [-0.4, -0.2) is 39.2 Å². The molecule has 2 aromatic rings. The number of ether oxygens (including phenoxy) is 2. The summed E-state index contributed by atoms with van der Waals surface area (Å²) in [7, 11) is 3.86. The number of amides is 1. The number of carbonyl (C=O) groups excluding carboxylic acids is 2. The van der Waals surface area contributed by atoms with Gasteiger partial charge in [-0.05, 0) is 48.9 Å². The van der Waals surface area contributed by atoms with Gasteiger partial charge in [-0.25, -0.2) is 4.79 Å². The van der Waals surface area contributed by atoms with Crippen molar-refractivity contribution in [3.8, 4) is 5.75 Å². The third kappa shape index (κ3) is 5.97. The van der Waals surface area contributed by atoms with E-state index >= 15 is 0 Å². The maximum Gasteiger partial charge on any atom is 0.344 e. The van der Waals surface area contributed by atoms with E-state index in [1.54, 1.807) is 24.3 Å². The molecule has 0 spiro atoms. The fraction of sp³-hybridized carbons (Fsp3) is 0.263. The van der Waals surface area contributed by atoms with E-state index < -0.39 is 11.9 Å². The lowest BCUT2D eigenvalue weighted by atomic mass is 10.2. The SMILES string of the molecule is Cc1ccc(Cl)c(OCC(=O)OCC(=O)Nc2ccc(N(C)C)cc2)c1. The molecule has 7 heteroatoms. The quantitative estimate of drug-likeness (QED) is 0.751. The van der Waals surface area contributed by atoms with Crippen LogP contribution in [0.5, 0.6) is 5.75 Å². The molecular formula is C19H21ClN2O4. The van der Waals surface area contributed by atoms with Gasteiger partial charge in [-0.1, -0.05) is 17.7 Å². The minimum atomic E-state index is -0.652. The Hall–Kier alpha value is -2.73. The molecule has 0 unspecified atom stereocenters. The van der Waals surface area contributed by atoms with Crippen molar-refractivity contribution in [2.75, 3.05) is 37.5 Å². The maximum absolute atomic E-state index is 11.8. The van der Waals surface area contributed by atoms with Gasteiger partial charge < -0.3 is 19.7 Å². The number of nitrogens with zero attached hydrogens (tertiary/aromatic N) is 1. The summed E-state index contributed by atoms with van der Waals surface area (Å²) in [5, 5.41) is 3.06. The summed E-state index contributed by atoms with van der Waals surface area (Å²) in [6.07, 6.45) is 0. The van der Waals surface area contributed by atoms with Crippen LogP contribution < -0.4 is 15.0 Å². The van der Waals surface area contributed by atoms with E-state index in [-0.39, 0.29) is 13.2 Å². The van der Waals surface area contributed by atoms with Crippen LogP contribution in [0.2, 0.25) is 5.02 Å². The normalized spacial score (nSPS) is 10.2. The van der Waals surface area contributed by atoms with Gasteiger partial charge in [-0.15, -0.1) is 0 Å². The van der Waals surface area contributed by atoms with E-state index in [4.69, 9.17) is 21.1 Å². The lowest BCUT2D eigenvalue weighted by Gasteiger charge is -2.13. The Bertz CT molecular complexity index is 776. The number of hydrogen-bond donors (Lipinski definition) is 1. The molecule has 0 radical (unpaired) electrons. The summed E-state index contributed by atoms with van der Waals surface area (Å²) in [4.78, 5) is 25.5. The van der Waals surface area contributed by atoms with Crippen molar-refractivity contribution < 1.29 is 19.1 Å². The summed E-state index contributed by atoms with van der Waals surface area (Å²) in [6, 6.07) is 12.5. The molecule has 1 amide bonds. The first-order chi connectivity index (χ1) is 12.3. The van der Waals surface area contributed by atoms with E-state index in [1.807, 2.05) is 44.1 Å². The zero-order valence-electron chi connectivity index (χ0n) is 14.9. The Morgan fingerprint density at radius 1 is 1.08 bits per heavy atom. The number of rotatable bonds is 7. The average molecular weight is 377 g/mol. The summed E-state index contributed by atoms with van der Waals surface area (Å²) in [5.41, 5.74) is 2.60. The van der Waals surface area contributed by atoms with Gasteiger partial charge >= 0.3 is 5.97 Å². The van der Waals surface area contributed by atoms with Crippen molar-refractivity contribution >= 4 is 34.9 Å². The predicted molar refractivity (Wildman–Crippen MR) is 102 cm³/mol. The van der Waals surface area contributed by atoms with Gasteiger partial charge in [0.15, 0.2) is 13.2 Å². The largest absolute Gasteiger partial charge is 0.480 e. The number of anilines is 2. The van der Waals surface area contributed by atoms with E-state index in [9.17, 15) is 9.59 Å². The Morgan fingerprint density at radius 2 is 1.77 bits per heavy atom. The molecule has 0 aliphatic carbocycles. The number of nitrogens with one attached hydrogen (secondary N) is 1. The van der Waals surface area contributed by atoms with Crippen molar-refractivity contribution in [3.63, 3.8) is 0 Å². The third-order valence-electron chi connectivity index (χ3n) is 3.46. The zero-order valence-corrected chi connectivity index (χ0v) is 15.7. The van der Waals surface area contributed by atoms with Crippen LogP contribution in [0.25, 0.3) is 0 Å². The Balaban J connectivity index is 1.76. The fourth-order valence-corrected chi connectivity index (χ4v) is 2.26. The molecule has 6 nitrogen and oxygen atoms in total. The molecule has 0 saturated carbocycles. The van der Waals surface area contributed by atoms with Crippen molar-refractivity contribution in [3.05, 3.63) is 53.1 Å². The molecule has 0 bridgehead atoms. The predicted octanol–water partition coefficient (Wildman–Crippen LogP) is 3.28. The molecule has 0 heterocycles. The summed E-state index contributed by atoms with van der Waals surface area (Å²) >= 11 is 5.98. The van der Waals surface area contributed by atoms with Crippen LogP contribution in [0.1, 0.15) is 5.56 Å². The van der Waals surface area contributed by atoms with Gasteiger partial charge in [0.2, 0.25) is 0 Å². The number of halogens is 1. The van der Waals surface area contributed by atoms with Crippen molar-refractivity contribution in [2.24, 2.45) is 0 Å². The number of aryl methyl sites for hydroxylation is 1. The zero-order chi connectivity index (χ0) is 19.1. The second-order valence-corrected chi connectivity index (χ2v) is 6.28. The molecule has 2 rings (SSSR count). The van der Waals surface area contributed by atoms with Crippen molar-refractivity contribution in [1.29, 1.82) is 0 Å². The van der Waals surface area contributed by atoms with Crippen LogP contribution in [0, 0.1) is 6.92 Å². The minimum absolute atomic E-state index is 0.325. The standard InChI is InChI=1S/C19H21ClN2O4/c1-13-4-9-16(20)17(10-13)25-12-19(24)26-11-18(23)21-14-5-7-15(8-6-14)22(2)3/h4-10H,11-12H2,1-3H3,(H,21,23). The van der Waals surface area contributed by atoms with Gasteiger partial charge in [0.05, 0.1) is 5.02 Å². The van der Waals surface area contributed by atoms with Crippen LogP contribution >= 0.6 is 11.6 Å². The number of carbonyl (C=O) groups is 2. The van der Waals surface area contributed by atoms with Gasteiger partial charge in [0.1, 0.15) is 5.75 Å². The molecule has 0 aromatic heterocycles. The first-order valence-corrected chi connectivity index (χ1v) is 8.35. The maximum atomic E-state index is 11.8. The number of esters is 1. The molecule has 138 valence electrons. The molecule has 0 atom stereocenters. The van der Waals surface area contributed by atoms with Crippen LogP contribution in [0.3, 0.4) is 0 Å². The third-order valence-corrected chi connectivity index (χ3v) is 3.78. The first kappa shape index (κ1) is 19.6. The molecule has 2 aromatic carbocycles. The Kier molecular flexibility index (Phi) is 6.86. The average Bonchev–Trinajstić information content (AvgIpc) is 2.61. The van der Waals surface area contributed by atoms with Crippen molar-refractivity contribution in [2.45, 2.75) is 6.92 Å². The highest BCUT2D eigenvalue weighted by Crippen LogP contribution is 2.25. The van der Waals surface area contributed by atoms with Crippen LogP contribution in [0.4, 0.5) is 11.4 Å². The summed E-state index contributed by atoms with van der Waals surface area (Å²) in [5.74, 6) is -0.681. The topological polar surface area (TPSA) is 67.9 Å². The minimum Gasteiger partial charge on any atom is -0.480 e. The summed E-state index contributed by atoms with van der Waals surface area (Å²) in [6.45, 7) is 1.17. The second kappa shape index (κ2) is 9.10. The molecule has 26 heavy (non-hydrogen) atoms. The molecule has 1 N–H and O–H groups in total. The molecular weight excluding hydrogens is 356 g/mol. The van der Waals surface area contributed by atoms with E-state index in [0.29, 0.717) is 16.5 Å². The second-order valence-electron chi connectivity index (χ2n) is 5.87. The lowest BCUT2D eigenvalue weighted by molar-refractivity contribution is -0.149.